The second kappa shape index (κ2) is 13.2. The standard InChI is InChI=1S/C30H36ClN3O7S2/c1-20-5-10-26(11-6-20)42(37,38)32-25-9-14-28-23(15-25)16-30(36)34(22(3)19-35)17-21(2)29(41-28)18-33(4)43(39,40)27-12-7-24(31)8-13-27/h5-15,21-22,29,32,35H,16-19H2,1-4H3/t21-,22-,29-/m1/s1. The number of halogens is 1. The summed E-state index contributed by atoms with van der Waals surface area (Å²) in [6.45, 7) is 5.34. The Morgan fingerprint density at radius 2 is 1.67 bits per heavy atom. The smallest absolute Gasteiger partial charge is 0.261 e. The van der Waals surface area contributed by atoms with Gasteiger partial charge >= 0.3 is 0 Å². The number of fused-ring (bicyclic) bond motifs is 1. The van der Waals surface area contributed by atoms with Crippen molar-refractivity contribution in [1.29, 1.82) is 0 Å². The molecule has 0 radical (unpaired) electrons. The van der Waals surface area contributed by atoms with E-state index in [4.69, 9.17) is 16.3 Å². The lowest BCUT2D eigenvalue weighted by Gasteiger charge is -2.33. The van der Waals surface area contributed by atoms with Gasteiger partial charge in [0.15, 0.2) is 0 Å². The minimum absolute atomic E-state index is 0.0388. The van der Waals surface area contributed by atoms with Gasteiger partial charge in [-0.1, -0.05) is 36.2 Å². The monoisotopic (exact) mass is 649 g/mol. The zero-order valence-electron chi connectivity index (χ0n) is 24.4. The maximum atomic E-state index is 13.5. The highest BCUT2D eigenvalue weighted by atomic mass is 35.5. The summed E-state index contributed by atoms with van der Waals surface area (Å²) < 4.78 is 62.9. The molecule has 232 valence electrons. The van der Waals surface area contributed by atoms with Crippen molar-refractivity contribution < 1.29 is 31.5 Å². The van der Waals surface area contributed by atoms with Crippen molar-refractivity contribution in [3.63, 3.8) is 0 Å². The second-order valence-corrected chi connectivity index (χ2v) is 15.0. The normalized spacial score (nSPS) is 18.7. The van der Waals surface area contributed by atoms with Crippen LogP contribution >= 0.6 is 11.6 Å². The summed E-state index contributed by atoms with van der Waals surface area (Å²) in [4.78, 5) is 15.2. The van der Waals surface area contributed by atoms with E-state index in [1.807, 2.05) is 13.8 Å². The Labute approximate surface area is 258 Å². The molecule has 1 aliphatic rings. The van der Waals surface area contributed by atoms with E-state index in [1.54, 1.807) is 36.1 Å². The Kier molecular flexibility index (Phi) is 10.1. The van der Waals surface area contributed by atoms with Crippen molar-refractivity contribution in [3.8, 4) is 5.75 Å². The molecule has 10 nitrogen and oxygen atoms in total. The van der Waals surface area contributed by atoms with Crippen LogP contribution in [0.2, 0.25) is 5.02 Å². The first kappa shape index (κ1) is 32.7. The number of likely N-dealkylation sites (N-methyl/N-ethyl adjacent to an activating group) is 1. The maximum absolute atomic E-state index is 13.5. The van der Waals surface area contributed by atoms with Crippen LogP contribution in [0.4, 0.5) is 5.69 Å². The number of anilines is 1. The summed E-state index contributed by atoms with van der Waals surface area (Å²) in [6, 6.07) is 16.4. The van der Waals surface area contributed by atoms with Crippen LogP contribution in [0.1, 0.15) is 25.0 Å². The van der Waals surface area contributed by atoms with Gasteiger partial charge in [0.1, 0.15) is 11.9 Å². The first-order valence-electron chi connectivity index (χ1n) is 13.7. The lowest BCUT2D eigenvalue weighted by molar-refractivity contribution is -0.134. The Morgan fingerprint density at radius 1 is 1.05 bits per heavy atom. The van der Waals surface area contributed by atoms with Gasteiger partial charge in [-0.25, -0.2) is 16.8 Å². The predicted octanol–water partition coefficient (Wildman–Crippen LogP) is 3.92. The van der Waals surface area contributed by atoms with Crippen molar-refractivity contribution in [2.45, 2.75) is 49.1 Å². The number of nitrogens with one attached hydrogen (secondary N) is 1. The van der Waals surface area contributed by atoms with Crippen LogP contribution in [-0.4, -0.2) is 75.9 Å². The van der Waals surface area contributed by atoms with Crippen molar-refractivity contribution in [2.75, 3.05) is 31.5 Å². The van der Waals surface area contributed by atoms with E-state index in [-0.39, 0.29) is 53.4 Å². The van der Waals surface area contributed by atoms with E-state index in [1.165, 1.54) is 53.8 Å². The number of hydrogen-bond acceptors (Lipinski definition) is 7. The molecule has 1 aliphatic heterocycles. The zero-order valence-corrected chi connectivity index (χ0v) is 26.8. The lowest BCUT2D eigenvalue weighted by Crippen LogP contribution is -2.48. The Balaban J connectivity index is 1.68. The third-order valence-corrected chi connectivity index (χ3v) is 10.9. The van der Waals surface area contributed by atoms with Crippen LogP contribution in [0.5, 0.6) is 5.75 Å². The highest BCUT2D eigenvalue weighted by Crippen LogP contribution is 2.31. The quantitative estimate of drug-likeness (QED) is 0.359. The number of sulfonamides is 2. The number of nitrogens with zero attached hydrogens (tertiary/aromatic N) is 2. The Bertz CT molecular complexity index is 1660. The molecule has 0 aliphatic carbocycles. The van der Waals surface area contributed by atoms with Crippen LogP contribution in [-0.2, 0) is 31.3 Å². The highest BCUT2D eigenvalue weighted by molar-refractivity contribution is 7.92. The first-order valence-corrected chi connectivity index (χ1v) is 17.0. The summed E-state index contributed by atoms with van der Waals surface area (Å²) in [5, 5.41) is 10.3. The van der Waals surface area contributed by atoms with Gasteiger partial charge < -0.3 is 14.7 Å². The molecule has 3 aromatic carbocycles. The van der Waals surface area contributed by atoms with Crippen LogP contribution in [0.25, 0.3) is 0 Å². The number of ether oxygens (including phenoxy) is 1. The van der Waals surface area contributed by atoms with Gasteiger partial charge in [-0.15, -0.1) is 0 Å². The third-order valence-electron chi connectivity index (χ3n) is 7.46. The number of carbonyl (C=O) groups is 1. The average Bonchev–Trinajstić information content (AvgIpc) is 3.00. The number of benzene rings is 3. The predicted molar refractivity (Wildman–Crippen MR) is 165 cm³/mol. The van der Waals surface area contributed by atoms with Gasteiger partial charge in [-0.05, 0) is 68.4 Å². The summed E-state index contributed by atoms with van der Waals surface area (Å²) >= 11 is 5.94. The molecule has 13 heteroatoms. The fraction of sp³-hybridized carbons (Fsp3) is 0.367. The van der Waals surface area contributed by atoms with Gasteiger partial charge in [-0.2, -0.15) is 4.31 Å². The number of carbonyl (C=O) groups excluding carboxylic acids is 1. The summed E-state index contributed by atoms with van der Waals surface area (Å²) in [5.41, 5.74) is 1.58. The fourth-order valence-electron chi connectivity index (χ4n) is 4.78. The third kappa shape index (κ3) is 7.68. The van der Waals surface area contributed by atoms with Crippen LogP contribution in [0, 0.1) is 12.8 Å². The summed E-state index contributed by atoms with van der Waals surface area (Å²) in [6.07, 6.45) is -0.807. The van der Waals surface area contributed by atoms with Crippen molar-refractivity contribution >= 4 is 43.2 Å². The molecule has 3 aromatic rings. The van der Waals surface area contributed by atoms with E-state index < -0.39 is 32.2 Å². The highest BCUT2D eigenvalue weighted by Gasteiger charge is 2.33. The molecule has 0 saturated carbocycles. The maximum Gasteiger partial charge on any atom is 0.261 e. The molecule has 0 bridgehead atoms. The molecule has 0 fully saturated rings. The van der Waals surface area contributed by atoms with Gasteiger partial charge in [0.25, 0.3) is 10.0 Å². The van der Waals surface area contributed by atoms with Gasteiger partial charge in [-0.3, -0.25) is 9.52 Å². The molecule has 3 atom stereocenters. The largest absolute Gasteiger partial charge is 0.488 e. The van der Waals surface area contributed by atoms with Crippen LogP contribution in [0.3, 0.4) is 0 Å². The second-order valence-electron chi connectivity index (χ2n) is 10.9. The number of rotatable bonds is 9. The van der Waals surface area contributed by atoms with Crippen molar-refractivity contribution in [2.24, 2.45) is 5.92 Å². The van der Waals surface area contributed by atoms with Crippen LogP contribution < -0.4 is 9.46 Å². The minimum Gasteiger partial charge on any atom is -0.488 e. The number of aliphatic hydroxyl groups excluding tert-OH is 1. The van der Waals surface area contributed by atoms with E-state index in [0.717, 1.165) is 5.56 Å². The zero-order chi connectivity index (χ0) is 31.5. The first-order chi connectivity index (χ1) is 20.2. The van der Waals surface area contributed by atoms with Gasteiger partial charge in [0.05, 0.1) is 35.4 Å². The summed E-state index contributed by atoms with van der Waals surface area (Å²) in [5.74, 6) is -0.287. The molecule has 4 rings (SSSR count). The molecule has 0 aromatic heterocycles. The molecule has 0 spiro atoms. The molecule has 1 amide bonds. The number of aliphatic hydroxyl groups is 1. The molecule has 0 unspecified atom stereocenters. The van der Waals surface area contributed by atoms with Crippen molar-refractivity contribution in [3.05, 3.63) is 82.9 Å². The lowest BCUT2D eigenvalue weighted by atomic mass is 10.0. The molecular weight excluding hydrogens is 614 g/mol. The fourth-order valence-corrected chi connectivity index (χ4v) is 7.14. The number of aryl methyl sites for hydroxylation is 1. The SMILES string of the molecule is Cc1ccc(S(=O)(=O)Nc2ccc3c(c2)CC(=O)N([C@H](C)CO)C[C@@H](C)[C@@H](CN(C)S(=O)(=O)c2ccc(Cl)cc2)O3)cc1. The number of amides is 1. The topological polar surface area (TPSA) is 133 Å². The minimum atomic E-state index is -3.90. The Hall–Kier alpha value is -3.16. The molecule has 1 heterocycles. The Morgan fingerprint density at radius 3 is 2.30 bits per heavy atom. The van der Waals surface area contributed by atoms with E-state index in [2.05, 4.69) is 4.72 Å². The van der Waals surface area contributed by atoms with E-state index >= 15 is 0 Å². The van der Waals surface area contributed by atoms with Crippen molar-refractivity contribution in [1.82, 2.24) is 9.21 Å². The van der Waals surface area contributed by atoms with E-state index in [9.17, 15) is 26.7 Å². The van der Waals surface area contributed by atoms with E-state index in [0.29, 0.717) is 16.3 Å². The summed E-state index contributed by atoms with van der Waals surface area (Å²) in [7, 11) is -6.34. The van der Waals surface area contributed by atoms with Gasteiger partial charge in [0, 0.05) is 35.8 Å². The average molecular weight is 650 g/mol. The molecule has 43 heavy (non-hydrogen) atoms. The molecule has 2 N–H and O–H groups in total. The van der Waals surface area contributed by atoms with Crippen LogP contribution in [0.15, 0.2) is 76.5 Å². The molecule has 0 saturated heterocycles. The number of hydrogen-bond donors (Lipinski definition) is 2. The molecular formula is C30H36ClN3O7S2. The van der Waals surface area contributed by atoms with Gasteiger partial charge in [0.2, 0.25) is 15.9 Å².